The van der Waals surface area contributed by atoms with Gasteiger partial charge in [0, 0.05) is 23.9 Å². The second kappa shape index (κ2) is 8.10. The van der Waals surface area contributed by atoms with Crippen molar-refractivity contribution in [3.63, 3.8) is 0 Å². The highest BCUT2D eigenvalue weighted by Crippen LogP contribution is 2.37. The number of benzene rings is 2. The summed E-state index contributed by atoms with van der Waals surface area (Å²) >= 11 is 1.55. The Balaban J connectivity index is 1.39. The molecule has 1 fully saturated rings. The molecule has 1 aliphatic rings. The number of rotatable bonds is 5. The van der Waals surface area contributed by atoms with E-state index < -0.39 is 0 Å². The fourth-order valence-corrected chi connectivity index (χ4v) is 5.73. The van der Waals surface area contributed by atoms with Crippen LogP contribution in [0.3, 0.4) is 0 Å². The molecule has 0 spiro atoms. The molecule has 2 aromatic carbocycles. The number of hydrogen-bond acceptors (Lipinski definition) is 4. The summed E-state index contributed by atoms with van der Waals surface area (Å²) in [5, 5.41) is 5.79. The number of carbonyl (C=O) groups is 1. The number of nitrogens with zero attached hydrogens (tertiary/aromatic N) is 3. The Bertz CT molecular complexity index is 1280. The van der Waals surface area contributed by atoms with Gasteiger partial charge in [-0.15, -0.1) is 11.3 Å². The van der Waals surface area contributed by atoms with Crippen molar-refractivity contribution in [3.8, 4) is 5.75 Å². The van der Waals surface area contributed by atoms with Gasteiger partial charge in [-0.1, -0.05) is 49.4 Å². The molecule has 164 valence electrons. The quantitative estimate of drug-likeness (QED) is 0.421. The van der Waals surface area contributed by atoms with Crippen LogP contribution in [0.25, 0.3) is 10.2 Å². The fraction of sp³-hybridized carbons (Fsp3) is 0.308. The van der Waals surface area contributed by atoms with Crippen molar-refractivity contribution in [2.24, 2.45) is 0 Å². The van der Waals surface area contributed by atoms with Crippen LogP contribution in [0.5, 0.6) is 5.75 Å². The lowest BCUT2D eigenvalue weighted by Crippen LogP contribution is -2.32. The Morgan fingerprint density at radius 3 is 2.75 bits per heavy atom. The van der Waals surface area contributed by atoms with Crippen molar-refractivity contribution in [3.05, 3.63) is 82.4 Å². The first-order chi connectivity index (χ1) is 15.5. The number of carbonyl (C=O) groups excluding carboxylic acids is 1. The van der Waals surface area contributed by atoms with Crippen LogP contribution in [0, 0.1) is 6.92 Å². The van der Waals surface area contributed by atoms with Gasteiger partial charge >= 0.3 is 0 Å². The Kier molecular flexibility index (Phi) is 5.25. The van der Waals surface area contributed by atoms with Gasteiger partial charge in [0.2, 0.25) is 0 Å². The minimum Gasteiger partial charge on any atom is -0.497 e. The highest BCUT2D eigenvalue weighted by Gasteiger charge is 2.38. The second-order valence-electron chi connectivity index (χ2n) is 8.83. The van der Waals surface area contributed by atoms with E-state index in [1.807, 2.05) is 52.9 Å². The van der Waals surface area contributed by atoms with E-state index in [9.17, 15) is 4.79 Å². The van der Waals surface area contributed by atoms with E-state index in [4.69, 9.17) is 9.84 Å². The Morgan fingerprint density at radius 1 is 1.16 bits per heavy atom. The van der Waals surface area contributed by atoms with Gasteiger partial charge in [0.15, 0.2) is 0 Å². The zero-order chi connectivity index (χ0) is 22.3. The summed E-state index contributed by atoms with van der Waals surface area (Å²) in [7, 11) is 1.69. The van der Waals surface area contributed by atoms with Gasteiger partial charge in [0.25, 0.3) is 5.91 Å². The molecule has 0 radical (unpaired) electrons. The molecule has 6 heteroatoms. The van der Waals surface area contributed by atoms with E-state index in [2.05, 4.69) is 31.2 Å². The van der Waals surface area contributed by atoms with Crippen LogP contribution < -0.4 is 4.74 Å². The number of ether oxygens (including phenoxy) is 1. The fourth-order valence-electron chi connectivity index (χ4n) is 4.61. The molecule has 2 aromatic heterocycles. The molecule has 0 saturated carbocycles. The SMILES string of the molecule is COc1cccc(C2(C)CCN(C(=O)c3cc4c(C)nn(Cc5ccccc5)c4s3)C2)c1. The molecule has 0 N–H and O–H groups in total. The second-order valence-corrected chi connectivity index (χ2v) is 9.86. The third-order valence-corrected chi connectivity index (χ3v) is 7.66. The van der Waals surface area contributed by atoms with E-state index in [0.717, 1.165) is 39.5 Å². The third-order valence-electron chi connectivity index (χ3n) is 6.52. The molecule has 3 heterocycles. The van der Waals surface area contributed by atoms with Crippen molar-refractivity contribution in [2.75, 3.05) is 20.2 Å². The summed E-state index contributed by atoms with van der Waals surface area (Å²) in [5.74, 6) is 0.972. The monoisotopic (exact) mass is 445 g/mol. The molecular formula is C26H27N3O2S. The minimum absolute atomic E-state index is 0.0685. The molecule has 5 nitrogen and oxygen atoms in total. The lowest BCUT2D eigenvalue weighted by atomic mass is 9.82. The summed E-state index contributed by atoms with van der Waals surface area (Å²) in [4.78, 5) is 17.3. The summed E-state index contributed by atoms with van der Waals surface area (Å²) in [6.07, 6.45) is 0.942. The number of thiophene rings is 1. The van der Waals surface area contributed by atoms with E-state index >= 15 is 0 Å². The molecule has 1 atom stereocenters. The first-order valence-corrected chi connectivity index (χ1v) is 11.7. The maximum atomic E-state index is 13.4. The molecule has 1 aliphatic heterocycles. The van der Waals surface area contributed by atoms with Crippen LogP contribution in [0.4, 0.5) is 0 Å². The van der Waals surface area contributed by atoms with Crippen LogP contribution in [0.1, 0.15) is 39.8 Å². The first-order valence-electron chi connectivity index (χ1n) is 10.9. The molecular weight excluding hydrogens is 418 g/mol. The predicted octanol–water partition coefficient (Wildman–Crippen LogP) is 5.27. The van der Waals surface area contributed by atoms with E-state index in [0.29, 0.717) is 13.1 Å². The van der Waals surface area contributed by atoms with Crippen LogP contribution in [0.2, 0.25) is 0 Å². The zero-order valence-corrected chi connectivity index (χ0v) is 19.5. The van der Waals surface area contributed by atoms with Gasteiger partial charge in [0.1, 0.15) is 10.6 Å². The molecule has 0 aliphatic carbocycles. The van der Waals surface area contributed by atoms with E-state index in [1.54, 1.807) is 18.4 Å². The summed E-state index contributed by atoms with van der Waals surface area (Å²) in [6.45, 7) is 6.43. The van der Waals surface area contributed by atoms with E-state index in [-0.39, 0.29) is 11.3 Å². The van der Waals surface area contributed by atoms with Gasteiger partial charge in [-0.25, -0.2) is 0 Å². The zero-order valence-electron chi connectivity index (χ0n) is 18.7. The van der Waals surface area contributed by atoms with Gasteiger partial charge < -0.3 is 9.64 Å². The molecule has 0 bridgehead atoms. The smallest absolute Gasteiger partial charge is 0.264 e. The van der Waals surface area contributed by atoms with Crippen LogP contribution in [0.15, 0.2) is 60.7 Å². The number of hydrogen-bond donors (Lipinski definition) is 0. The molecule has 1 amide bonds. The van der Waals surface area contributed by atoms with Crippen LogP contribution >= 0.6 is 11.3 Å². The molecule has 4 aromatic rings. The normalized spacial score (nSPS) is 18.4. The average Bonchev–Trinajstić information content (AvgIpc) is 3.50. The lowest BCUT2D eigenvalue weighted by molar-refractivity contribution is 0.0789. The summed E-state index contributed by atoms with van der Waals surface area (Å²) in [5.41, 5.74) is 3.32. The summed E-state index contributed by atoms with van der Waals surface area (Å²) < 4.78 is 7.43. The largest absolute Gasteiger partial charge is 0.497 e. The molecule has 1 unspecified atom stereocenters. The predicted molar refractivity (Wildman–Crippen MR) is 129 cm³/mol. The van der Waals surface area contributed by atoms with Gasteiger partial charge in [0.05, 0.1) is 24.2 Å². The Hall–Kier alpha value is -3.12. The van der Waals surface area contributed by atoms with Crippen molar-refractivity contribution in [1.82, 2.24) is 14.7 Å². The van der Waals surface area contributed by atoms with Crippen LogP contribution in [-0.2, 0) is 12.0 Å². The lowest BCUT2D eigenvalue weighted by Gasteiger charge is -2.25. The van der Waals surface area contributed by atoms with E-state index in [1.165, 1.54) is 11.1 Å². The van der Waals surface area contributed by atoms with Gasteiger partial charge in [-0.05, 0) is 42.7 Å². The number of fused-ring (bicyclic) bond motifs is 1. The Labute approximate surface area is 192 Å². The molecule has 5 rings (SSSR count). The van der Waals surface area contributed by atoms with Crippen molar-refractivity contribution in [1.29, 1.82) is 0 Å². The number of aryl methyl sites for hydroxylation is 1. The van der Waals surface area contributed by atoms with Gasteiger partial charge in [-0.3, -0.25) is 9.48 Å². The molecule has 32 heavy (non-hydrogen) atoms. The van der Waals surface area contributed by atoms with Gasteiger partial charge in [-0.2, -0.15) is 5.10 Å². The maximum absolute atomic E-state index is 13.4. The minimum atomic E-state index is -0.0685. The standard InChI is InChI=1S/C26H27N3O2S/c1-18-22-15-23(32-25(22)29(27-18)16-19-8-5-4-6-9-19)24(30)28-13-12-26(2,17-28)20-10-7-11-21(14-20)31-3/h4-11,14-15H,12-13,16-17H2,1-3H3. The van der Waals surface area contributed by atoms with Crippen molar-refractivity contribution < 1.29 is 9.53 Å². The molecule has 1 saturated heterocycles. The number of aromatic nitrogens is 2. The third kappa shape index (κ3) is 3.69. The van der Waals surface area contributed by atoms with Crippen molar-refractivity contribution >= 4 is 27.5 Å². The number of amides is 1. The number of likely N-dealkylation sites (tertiary alicyclic amines) is 1. The first kappa shape index (κ1) is 20.8. The van der Waals surface area contributed by atoms with Crippen molar-refractivity contribution in [2.45, 2.75) is 32.2 Å². The average molecular weight is 446 g/mol. The Morgan fingerprint density at radius 2 is 1.97 bits per heavy atom. The van der Waals surface area contributed by atoms with Crippen LogP contribution in [-0.4, -0.2) is 40.8 Å². The summed E-state index contributed by atoms with van der Waals surface area (Å²) in [6, 6.07) is 20.5. The highest BCUT2D eigenvalue weighted by molar-refractivity contribution is 7.20. The maximum Gasteiger partial charge on any atom is 0.264 e. The number of methoxy groups -OCH3 is 1. The topological polar surface area (TPSA) is 47.4 Å². The highest BCUT2D eigenvalue weighted by atomic mass is 32.1.